The van der Waals surface area contributed by atoms with Gasteiger partial charge >= 0.3 is 6.03 Å². The number of benzene rings is 2. The third kappa shape index (κ3) is 4.84. The van der Waals surface area contributed by atoms with Gasteiger partial charge in [-0.3, -0.25) is 4.79 Å². The van der Waals surface area contributed by atoms with Gasteiger partial charge in [-0.05, 0) is 62.5 Å². The molecule has 0 saturated carbocycles. The number of para-hydroxylation sites is 1. The maximum absolute atomic E-state index is 13.0. The van der Waals surface area contributed by atoms with Crippen LogP contribution in [-0.4, -0.2) is 49.1 Å². The van der Waals surface area contributed by atoms with Crippen molar-refractivity contribution >= 4 is 41.0 Å². The van der Waals surface area contributed by atoms with Crippen molar-refractivity contribution in [3.63, 3.8) is 0 Å². The molecule has 0 radical (unpaired) electrons. The van der Waals surface area contributed by atoms with Crippen LogP contribution in [0.1, 0.15) is 30.3 Å². The fourth-order valence-electron chi connectivity index (χ4n) is 4.87. The molecule has 4 heterocycles. The second kappa shape index (κ2) is 9.85. The Morgan fingerprint density at radius 2 is 1.88 bits per heavy atom. The van der Waals surface area contributed by atoms with E-state index < -0.39 is 0 Å². The van der Waals surface area contributed by atoms with Gasteiger partial charge in [-0.1, -0.05) is 30.3 Å². The number of anilines is 1. The van der Waals surface area contributed by atoms with Crippen LogP contribution in [0.5, 0.6) is 0 Å². The van der Waals surface area contributed by atoms with Crippen LogP contribution in [0, 0.1) is 5.92 Å². The highest BCUT2D eigenvalue weighted by Crippen LogP contribution is 2.33. The van der Waals surface area contributed by atoms with Crippen LogP contribution in [0.25, 0.3) is 22.1 Å². The molecular formula is C25H29ClN4O3. The van der Waals surface area contributed by atoms with E-state index in [4.69, 9.17) is 4.42 Å². The molecule has 3 amide bonds. The molecule has 174 valence electrons. The minimum absolute atomic E-state index is 0. The second-order valence-corrected chi connectivity index (χ2v) is 8.62. The quantitative estimate of drug-likeness (QED) is 0.515. The molecule has 2 bridgehead atoms. The summed E-state index contributed by atoms with van der Waals surface area (Å²) in [5.74, 6) is 0.738. The van der Waals surface area contributed by atoms with Crippen molar-refractivity contribution in [2.24, 2.45) is 5.92 Å². The molecule has 1 atom stereocenters. The number of urea groups is 1. The molecule has 3 aliphatic rings. The predicted molar refractivity (Wildman–Crippen MR) is 132 cm³/mol. The van der Waals surface area contributed by atoms with Crippen molar-refractivity contribution < 1.29 is 14.0 Å². The Morgan fingerprint density at radius 3 is 2.61 bits per heavy atom. The van der Waals surface area contributed by atoms with E-state index in [9.17, 15) is 9.59 Å². The van der Waals surface area contributed by atoms with Crippen LogP contribution in [0.3, 0.4) is 0 Å². The molecule has 1 aromatic heterocycles. The fourth-order valence-corrected chi connectivity index (χ4v) is 4.87. The standard InChI is InChI=1S/C25H28N4O3.ClH/c1-2-26-25(31)27-19-7-3-5-17(13-19)20-8-4-6-18-14-22(32-23(18)20)24(30)28-21-15-29-11-9-16(21)10-12-29;/h3-8,13-14,16,21H,2,9-12,15H2,1H3,(H,28,30)(H2,26,27,31);1H/t21-;/m0./s1. The van der Waals surface area contributed by atoms with Gasteiger partial charge in [0.1, 0.15) is 5.58 Å². The van der Waals surface area contributed by atoms with Crippen molar-refractivity contribution in [1.82, 2.24) is 15.5 Å². The van der Waals surface area contributed by atoms with E-state index in [-0.39, 0.29) is 30.4 Å². The number of nitrogens with one attached hydrogen (secondary N) is 3. The summed E-state index contributed by atoms with van der Waals surface area (Å²) in [5, 5.41) is 9.64. The normalized spacial score (nSPS) is 21.3. The smallest absolute Gasteiger partial charge is 0.319 e. The Morgan fingerprint density at radius 1 is 1.09 bits per heavy atom. The summed E-state index contributed by atoms with van der Waals surface area (Å²) < 4.78 is 6.07. The first kappa shape index (κ1) is 23.1. The summed E-state index contributed by atoms with van der Waals surface area (Å²) in [6, 6.07) is 15.2. The van der Waals surface area contributed by atoms with Crippen molar-refractivity contribution in [1.29, 1.82) is 0 Å². The average Bonchev–Trinajstić information content (AvgIpc) is 3.25. The lowest BCUT2D eigenvalue weighted by Gasteiger charge is -2.44. The van der Waals surface area contributed by atoms with E-state index in [1.165, 1.54) is 0 Å². The Kier molecular flexibility index (Phi) is 6.91. The zero-order chi connectivity index (χ0) is 22.1. The number of fused-ring (bicyclic) bond motifs is 4. The topological polar surface area (TPSA) is 86.6 Å². The summed E-state index contributed by atoms with van der Waals surface area (Å²) in [7, 11) is 0. The number of piperidine rings is 3. The first-order valence-electron chi connectivity index (χ1n) is 11.3. The van der Waals surface area contributed by atoms with Crippen molar-refractivity contribution in [2.45, 2.75) is 25.8 Å². The second-order valence-electron chi connectivity index (χ2n) is 8.62. The van der Waals surface area contributed by atoms with Crippen LogP contribution in [-0.2, 0) is 0 Å². The Labute approximate surface area is 199 Å². The third-order valence-electron chi connectivity index (χ3n) is 6.51. The number of hydrogen-bond donors (Lipinski definition) is 3. The first-order chi connectivity index (χ1) is 15.6. The summed E-state index contributed by atoms with van der Waals surface area (Å²) in [4.78, 5) is 27.3. The summed E-state index contributed by atoms with van der Waals surface area (Å²) in [6.07, 6.45) is 2.30. The van der Waals surface area contributed by atoms with Crippen molar-refractivity contribution in [3.05, 3.63) is 54.3 Å². The van der Waals surface area contributed by atoms with E-state index in [0.717, 1.165) is 49.0 Å². The minimum Gasteiger partial charge on any atom is -0.450 e. The monoisotopic (exact) mass is 468 g/mol. The number of rotatable bonds is 5. The lowest BCUT2D eigenvalue weighted by molar-refractivity contribution is 0.0607. The predicted octanol–water partition coefficient (Wildman–Crippen LogP) is 4.49. The van der Waals surface area contributed by atoms with E-state index >= 15 is 0 Å². The van der Waals surface area contributed by atoms with Crippen LogP contribution < -0.4 is 16.0 Å². The zero-order valence-corrected chi connectivity index (χ0v) is 19.4. The average molecular weight is 469 g/mol. The molecule has 6 rings (SSSR count). The maximum Gasteiger partial charge on any atom is 0.319 e. The maximum atomic E-state index is 13.0. The van der Waals surface area contributed by atoms with Gasteiger partial charge in [0.25, 0.3) is 5.91 Å². The molecule has 0 aliphatic carbocycles. The van der Waals surface area contributed by atoms with Crippen molar-refractivity contribution in [2.75, 3.05) is 31.5 Å². The molecule has 33 heavy (non-hydrogen) atoms. The molecule has 3 aromatic rings. The highest BCUT2D eigenvalue weighted by Gasteiger charge is 2.35. The minimum atomic E-state index is -0.243. The summed E-state index contributed by atoms with van der Waals surface area (Å²) in [5.41, 5.74) is 3.14. The molecule has 7 nitrogen and oxygen atoms in total. The van der Waals surface area contributed by atoms with Crippen LogP contribution in [0.2, 0.25) is 0 Å². The van der Waals surface area contributed by atoms with Gasteiger partial charge in [0.05, 0.1) is 0 Å². The highest BCUT2D eigenvalue weighted by atomic mass is 35.5. The molecule has 3 fully saturated rings. The van der Waals surface area contributed by atoms with E-state index in [0.29, 0.717) is 29.5 Å². The van der Waals surface area contributed by atoms with Gasteiger partial charge in [0.2, 0.25) is 0 Å². The van der Waals surface area contributed by atoms with E-state index in [2.05, 4.69) is 20.9 Å². The van der Waals surface area contributed by atoms with Gasteiger partial charge in [0.15, 0.2) is 5.76 Å². The number of carbonyl (C=O) groups excluding carboxylic acids is 2. The molecular weight excluding hydrogens is 440 g/mol. The molecule has 0 unspecified atom stereocenters. The van der Waals surface area contributed by atoms with Gasteiger partial charge in [-0.2, -0.15) is 0 Å². The Bertz CT molecular complexity index is 1150. The van der Waals surface area contributed by atoms with Gasteiger partial charge < -0.3 is 25.3 Å². The Hall–Kier alpha value is -3.03. The zero-order valence-electron chi connectivity index (χ0n) is 18.6. The van der Waals surface area contributed by atoms with Gasteiger partial charge in [-0.15, -0.1) is 12.4 Å². The number of halogens is 1. The van der Waals surface area contributed by atoms with Gasteiger partial charge in [0, 0.05) is 35.8 Å². The third-order valence-corrected chi connectivity index (χ3v) is 6.51. The molecule has 8 heteroatoms. The molecule has 2 aromatic carbocycles. The number of amides is 3. The molecule has 3 N–H and O–H groups in total. The first-order valence-corrected chi connectivity index (χ1v) is 11.3. The summed E-state index contributed by atoms with van der Waals surface area (Å²) >= 11 is 0. The van der Waals surface area contributed by atoms with Crippen LogP contribution >= 0.6 is 12.4 Å². The summed E-state index contributed by atoms with van der Waals surface area (Å²) in [6.45, 7) is 5.63. The SMILES string of the molecule is CCNC(=O)Nc1cccc(-c2cccc3cc(C(=O)N[C@H]4CN5CCC4CC5)oc23)c1.Cl. The number of hydrogen-bond acceptors (Lipinski definition) is 4. The molecule has 0 spiro atoms. The lowest BCUT2D eigenvalue weighted by atomic mass is 9.84. The number of nitrogens with zero attached hydrogens (tertiary/aromatic N) is 1. The molecule has 3 aliphatic heterocycles. The van der Waals surface area contributed by atoms with Crippen LogP contribution in [0.4, 0.5) is 10.5 Å². The van der Waals surface area contributed by atoms with Gasteiger partial charge in [-0.25, -0.2) is 4.79 Å². The lowest BCUT2D eigenvalue weighted by Crippen LogP contribution is -2.57. The highest BCUT2D eigenvalue weighted by molar-refractivity contribution is 6.00. The van der Waals surface area contributed by atoms with E-state index in [1.807, 2.05) is 55.5 Å². The van der Waals surface area contributed by atoms with E-state index in [1.54, 1.807) is 0 Å². The fraction of sp³-hybridized carbons (Fsp3) is 0.360. The van der Waals surface area contributed by atoms with Crippen LogP contribution in [0.15, 0.2) is 52.9 Å². The largest absolute Gasteiger partial charge is 0.450 e. The van der Waals surface area contributed by atoms with Crippen molar-refractivity contribution in [3.8, 4) is 11.1 Å². The molecule has 3 saturated heterocycles. The number of furan rings is 1. The number of carbonyl (C=O) groups is 2. The Balaban J connectivity index is 0.00000259.